The maximum Gasteiger partial charge on any atom is 0.182 e. The molecule has 6 heteroatoms. The first-order valence-corrected chi connectivity index (χ1v) is 6.45. The molecule has 1 aromatic rings. The summed E-state index contributed by atoms with van der Waals surface area (Å²) in [6.07, 6.45) is 0. The summed E-state index contributed by atoms with van der Waals surface area (Å²) in [4.78, 5) is 0.0949. The highest BCUT2D eigenvalue weighted by molar-refractivity contribution is 7.91. The van der Waals surface area contributed by atoms with Gasteiger partial charge in [-0.2, -0.15) is 0 Å². The van der Waals surface area contributed by atoms with E-state index in [2.05, 4.69) is 11.4 Å². The molecule has 1 rings (SSSR count). The molecule has 0 aliphatic heterocycles. The predicted octanol–water partition coefficient (Wildman–Crippen LogP) is -0.343. The molecule has 3 N–H and O–H groups in total. The highest BCUT2D eigenvalue weighted by Gasteiger charge is 2.17. The normalized spacial score (nSPS) is 11.4. The van der Waals surface area contributed by atoms with Crippen LogP contribution in [0.2, 0.25) is 0 Å². The first kappa shape index (κ1) is 13.0. The lowest BCUT2D eigenvalue weighted by molar-refractivity contribution is 0.311. The van der Waals surface area contributed by atoms with Crippen molar-refractivity contribution < 1.29 is 18.6 Å². The second kappa shape index (κ2) is 5.83. The van der Waals surface area contributed by atoms with Crippen molar-refractivity contribution in [2.75, 3.05) is 30.8 Å². The summed E-state index contributed by atoms with van der Waals surface area (Å²) >= 11 is 0. The van der Waals surface area contributed by atoms with Crippen molar-refractivity contribution in [2.24, 2.45) is 0 Å². The van der Waals surface area contributed by atoms with E-state index in [-0.39, 0.29) is 23.8 Å². The van der Waals surface area contributed by atoms with Gasteiger partial charge in [0, 0.05) is 6.54 Å². The van der Waals surface area contributed by atoms with Crippen molar-refractivity contribution >= 4 is 15.5 Å². The van der Waals surface area contributed by atoms with Gasteiger partial charge in [0.25, 0.3) is 0 Å². The van der Waals surface area contributed by atoms with E-state index in [0.717, 1.165) is 0 Å². The highest BCUT2D eigenvalue weighted by atomic mass is 32.2. The Kier molecular flexibility index (Phi) is 4.72. The molecule has 0 heterocycles. The van der Waals surface area contributed by atoms with E-state index in [1.54, 1.807) is 12.1 Å². The molecule has 0 fully saturated rings. The van der Waals surface area contributed by atoms with Crippen molar-refractivity contribution in [2.45, 2.75) is 4.90 Å². The highest BCUT2D eigenvalue weighted by Crippen LogP contribution is 2.21. The Morgan fingerprint density at radius 3 is 2.69 bits per heavy atom. The SMILES string of the molecule is O=S(=O)(CCO)c1c[c]ccc1NCCO. The second-order valence-corrected chi connectivity index (χ2v) is 5.19. The average Bonchev–Trinajstić information content (AvgIpc) is 2.26. The van der Waals surface area contributed by atoms with Crippen LogP contribution in [-0.2, 0) is 9.84 Å². The minimum absolute atomic E-state index is 0.0852. The summed E-state index contributed by atoms with van der Waals surface area (Å²) in [7, 11) is -3.50. The van der Waals surface area contributed by atoms with Gasteiger partial charge in [-0.05, 0) is 18.2 Å². The molecule has 0 aliphatic carbocycles. The van der Waals surface area contributed by atoms with Crippen LogP contribution in [0.15, 0.2) is 23.1 Å². The molecule has 0 unspecified atom stereocenters. The van der Waals surface area contributed by atoms with Crippen molar-refractivity contribution in [1.82, 2.24) is 0 Å². The van der Waals surface area contributed by atoms with Gasteiger partial charge in [-0.25, -0.2) is 8.42 Å². The molecule has 5 nitrogen and oxygen atoms in total. The summed E-state index contributed by atoms with van der Waals surface area (Å²) < 4.78 is 23.5. The summed E-state index contributed by atoms with van der Waals surface area (Å²) in [6, 6.07) is 7.18. The van der Waals surface area contributed by atoms with Crippen molar-refractivity contribution in [3.63, 3.8) is 0 Å². The van der Waals surface area contributed by atoms with Gasteiger partial charge >= 0.3 is 0 Å². The van der Waals surface area contributed by atoms with Gasteiger partial charge in [-0.15, -0.1) is 0 Å². The Morgan fingerprint density at radius 1 is 1.31 bits per heavy atom. The van der Waals surface area contributed by atoms with E-state index in [0.29, 0.717) is 5.69 Å². The standard InChI is InChI=1S/C10H14NO4S/c12-6-5-11-9-3-1-2-4-10(9)16(14,15)8-7-13/h1,3-4,11-13H,5-8H2. The first-order valence-electron chi connectivity index (χ1n) is 4.80. The monoisotopic (exact) mass is 244 g/mol. The van der Waals surface area contributed by atoms with E-state index in [1.165, 1.54) is 6.07 Å². The quantitative estimate of drug-likeness (QED) is 0.637. The Morgan fingerprint density at radius 2 is 2.06 bits per heavy atom. The molecule has 0 atom stereocenters. The Hall–Kier alpha value is -1.11. The average molecular weight is 244 g/mol. The van der Waals surface area contributed by atoms with Gasteiger partial charge in [-0.1, -0.05) is 6.07 Å². The molecule has 89 valence electrons. The van der Waals surface area contributed by atoms with Gasteiger partial charge in [-0.3, -0.25) is 0 Å². The van der Waals surface area contributed by atoms with Crippen LogP contribution in [0.3, 0.4) is 0 Å². The molecule has 1 radical (unpaired) electrons. The fourth-order valence-corrected chi connectivity index (χ4v) is 2.42. The zero-order valence-electron chi connectivity index (χ0n) is 8.68. The lowest BCUT2D eigenvalue weighted by Crippen LogP contribution is -2.14. The smallest absolute Gasteiger partial charge is 0.182 e. The minimum atomic E-state index is -3.50. The number of hydrogen-bond donors (Lipinski definition) is 3. The third-order valence-corrected chi connectivity index (χ3v) is 3.68. The van der Waals surface area contributed by atoms with Crippen LogP contribution >= 0.6 is 0 Å². The minimum Gasteiger partial charge on any atom is -0.395 e. The van der Waals surface area contributed by atoms with E-state index >= 15 is 0 Å². The number of aliphatic hydroxyl groups excluding tert-OH is 2. The fourth-order valence-electron chi connectivity index (χ4n) is 1.24. The molecule has 1 aromatic carbocycles. The predicted molar refractivity (Wildman–Crippen MR) is 60.0 cm³/mol. The summed E-state index contributed by atoms with van der Waals surface area (Å²) in [5, 5.41) is 20.1. The lowest BCUT2D eigenvalue weighted by atomic mass is 10.3. The molecular formula is C10H14NO4S. The number of rotatable bonds is 6. The molecule has 0 saturated carbocycles. The lowest BCUT2D eigenvalue weighted by Gasteiger charge is -2.10. The zero-order valence-corrected chi connectivity index (χ0v) is 9.50. The summed E-state index contributed by atoms with van der Waals surface area (Å²) in [6.45, 7) is -0.236. The number of aliphatic hydroxyl groups is 2. The maximum absolute atomic E-state index is 11.7. The van der Waals surface area contributed by atoms with Gasteiger partial charge in [0.15, 0.2) is 9.84 Å². The van der Waals surface area contributed by atoms with E-state index in [1.807, 2.05) is 0 Å². The van der Waals surface area contributed by atoms with Crippen LogP contribution < -0.4 is 5.32 Å². The Bertz CT molecular complexity index is 430. The number of sulfone groups is 1. The Balaban J connectivity index is 3.03. The Labute approximate surface area is 94.7 Å². The molecule has 0 saturated heterocycles. The van der Waals surface area contributed by atoms with Crippen molar-refractivity contribution in [3.8, 4) is 0 Å². The molecule has 16 heavy (non-hydrogen) atoms. The fraction of sp³-hybridized carbons (Fsp3) is 0.400. The molecule has 0 amide bonds. The van der Waals surface area contributed by atoms with Gasteiger partial charge in [0.1, 0.15) is 0 Å². The third-order valence-electron chi connectivity index (χ3n) is 1.95. The first-order chi connectivity index (χ1) is 7.61. The van der Waals surface area contributed by atoms with Crippen LogP contribution in [0.5, 0.6) is 0 Å². The van der Waals surface area contributed by atoms with Crippen LogP contribution in [0.4, 0.5) is 5.69 Å². The maximum atomic E-state index is 11.7. The van der Waals surface area contributed by atoms with E-state index < -0.39 is 16.4 Å². The molecule has 0 aromatic heterocycles. The zero-order chi connectivity index (χ0) is 12.0. The van der Waals surface area contributed by atoms with Crippen molar-refractivity contribution in [3.05, 3.63) is 24.3 Å². The van der Waals surface area contributed by atoms with Gasteiger partial charge < -0.3 is 15.5 Å². The van der Waals surface area contributed by atoms with Gasteiger partial charge in [0.05, 0.1) is 29.5 Å². The summed E-state index contributed by atoms with van der Waals surface area (Å²) in [5.74, 6) is -0.321. The largest absolute Gasteiger partial charge is 0.395 e. The second-order valence-electron chi connectivity index (χ2n) is 3.12. The topological polar surface area (TPSA) is 86.6 Å². The summed E-state index contributed by atoms with van der Waals surface area (Å²) in [5.41, 5.74) is 0.418. The molecular weight excluding hydrogens is 230 g/mol. The molecule has 0 bridgehead atoms. The van der Waals surface area contributed by atoms with Crippen molar-refractivity contribution in [1.29, 1.82) is 0 Å². The van der Waals surface area contributed by atoms with E-state index in [9.17, 15) is 8.42 Å². The van der Waals surface area contributed by atoms with Crippen LogP contribution in [-0.4, -0.2) is 44.1 Å². The number of nitrogens with one attached hydrogen (secondary N) is 1. The number of anilines is 1. The molecule has 0 spiro atoms. The van der Waals surface area contributed by atoms with Gasteiger partial charge in [0.2, 0.25) is 0 Å². The number of benzene rings is 1. The molecule has 0 aliphatic rings. The van der Waals surface area contributed by atoms with Crippen LogP contribution in [0.25, 0.3) is 0 Å². The van der Waals surface area contributed by atoms with Crippen LogP contribution in [0, 0.1) is 6.07 Å². The third kappa shape index (κ3) is 3.19. The number of hydrogen-bond acceptors (Lipinski definition) is 5. The van der Waals surface area contributed by atoms with Crippen LogP contribution in [0.1, 0.15) is 0 Å². The van der Waals surface area contributed by atoms with E-state index in [4.69, 9.17) is 10.2 Å².